The fourth-order valence-corrected chi connectivity index (χ4v) is 5.94. The van der Waals surface area contributed by atoms with E-state index in [0.717, 1.165) is 31.4 Å². The largest absolute Gasteiger partial charge is 0.508 e. The molecule has 6 rings (SSSR count). The lowest BCUT2D eigenvalue weighted by atomic mass is 10.1. The maximum absolute atomic E-state index is 14.0. The summed E-state index contributed by atoms with van der Waals surface area (Å²) in [5.41, 5.74) is -3.48. The molecule has 0 aliphatic carbocycles. The molecule has 10 nitrogen and oxygen atoms in total. The topological polar surface area (TPSA) is 109 Å². The van der Waals surface area contributed by atoms with Crippen molar-refractivity contribution in [2.75, 3.05) is 38.1 Å². The van der Waals surface area contributed by atoms with E-state index in [4.69, 9.17) is 19.1 Å². The SMILES string of the molecule is [2H]C([2H])(Oc1nc(N2C[C@H]3CC[C@@H](C2)N3)c2cnn(-c3cc(O)cc(Cl)c3C(F)(F)F)c(=O)c2n1)[C@@H]1CCCN1C. The molecule has 39 heavy (non-hydrogen) atoms. The third kappa shape index (κ3) is 4.87. The molecule has 0 radical (unpaired) electrons. The average Bonchev–Trinajstić information content (AvgIpc) is 3.47. The molecule has 3 aromatic rings. The van der Waals surface area contributed by atoms with E-state index >= 15 is 0 Å². The lowest BCUT2D eigenvalue weighted by Crippen LogP contribution is -2.51. The number of likely N-dealkylation sites (tertiary alicyclic amines) is 1. The molecule has 0 amide bonds. The number of nitrogens with zero attached hydrogens (tertiary/aromatic N) is 6. The zero-order valence-corrected chi connectivity index (χ0v) is 21.6. The second kappa shape index (κ2) is 9.79. The molecule has 3 saturated heterocycles. The summed E-state index contributed by atoms with van der Waals surface area (Å²) < 4.78 is 65.3. The van der Waals surface area contributed by atoms with E-state index in [2.05, 4.69) is 20.4 Å². The number of nitrogens with one attached hydrogen (secondary N) is 1. The molecule has 208 valence electrons. The molecule has 3 aliphatic rings. The van der Waals surface area contributed by atoms with E-state index < -0.39 is 52.4 Å². The van der Waals surface area contributed by atoms with Gasteiger partial charge in [-0.3, -0.25) is 4.79 Å². The minimum absolute atomic E-state index is 0.179. The Kier molecular flexibility index (Phi) is 5.95. The molecule has 2 N–H and O–H groups in total. The number of aromatic nitrogens is 4. The van der Waals surface area contributed by atoms with Gasteiger partial charge >= 0.3 is 12.2 Å². The van der Waals surface area contributed by atoms with Gasteiger partial charge in [-0.1, -0.05) is 11.6 Å². The highest BCUT2D eigenvalue weighted by atomic mass is 35.5. The fraction of sp³-hybridized carbons (Fsp3) is 0.520. The smallest absolute Gasteiger partial charge is 0.419 e. The van der Waals surface area contributed by atoms with Gasteiger partial charge in [0, 0.05) is 37.3 Å². The molecule has 3 fully saturated rings. The summed E-state index contributed by atoms with van der Waals surface area (Å²) in [7, 11) is 1.78. The molecular weight excluding hydrogens is 539 g/mol. The Balaban J connectivity index is 1.53. The number of phenolic OH excluding ortho intramolecular Hbond substituents is 1. The molecule has 2 aromatic heterocycles. The molecule has 3 aliphatic heterocycles. The summed E-state index contributed by atoms with van der Waals surface area (Å²) in [4.78, 5) is 26.2. The van der Waals surface area contributed by atoms with Gasteiger partial charge in [-0.05, 0) is 45.3 Å². The van der Waals surface area contributed by atoms with Gasteiger partial charge in [-0.25, -0.2) is 0 Å². The van der Waals surface area contributed by atoms with Gasteiger partial charge in [0.15, 0.2) is 0 Å². The van der Waals surface area contributed by atoms with E-state index in [-0.39, 0.29) is 28.8 Å². The molecule has 2 bridgehead atoms. The number of piperazine rings is 1. The molecule has 0 unspecified atom stereocenters. The first-order valence-corrected chi connectivity index (χ1v) is 13.0. The Hall–Kier alpha value is -3.16. The van der Waals surface area contributed by atoms with Crippen LogP contribution in [0, 0.1) is 0 Å². The van der Waals surface area contributed by atoms with Crippen LogP contribution in [0.4, 0.5) is 19.0 Å². The monoisotopic (exact) mass is 567 g/mol. The molecule has 1 aromatic carbocycles. The van der Waals surface area contributed by atoms with Crippen molar-refractivity contribution in [2.24, 2.45) is 0 Å². The van der Waals surface area contributed by atoms with Crippen LogP contribution in [0.1, 0.15) is 34.0 Å². The highest BCUT2D eigenvalue weighted by Crippen LogP contribution is 2.40. The molecular formula is C25H27ClF3N7O3. The highest BCUT2D eigenvalue weighted by Gasteiger charge is 2.38. The number of phenols is 1. The average molecular weight is 568 g/mol. The van der Waals surface area contributed by atoms with Gasteiger partial charge in [0.1, 0.15) is 29.2 Å². The number of anilines is 1. The standard InChI is InChI=1S/C25H27ClF3N7O3/c1-34-6-2-3-15(34)12-39-24-32-21-17(22(33-24)35-10-13-4-5-14(11-35)31-13)9-30-36(23(21)38)19-8-16(37)7-18(26)20(19)25(27,28)29/h7-9,13-15,31,37H,2-6,10-12H2,1H3/t13-,14+,15-/m0/s1/i12D2. The Labute approximate surface area is 229 Å². The third-order valence-electron chi connectivity index (χ3n) is 7.49. The van der Waals surface area contributed by atoms with Crippen LogP contribution in [0.15, 0.2) is 23.1 Å². The summed E-state index contributed by atoms with van der Waals surface area (Å²) >= 11 is 5.84. The Bertz CT molecular complexity index is 1560. The fourth-order valence-electron chi connectivity index (χ4n) is 5.62. The van der Waals surface area contributed by atoms with Crippen LogP contribution >= 0.6 is 11.6 Å². The first kappa shape index (κ1) is 23.7. The highest BCUT2D eigenvalue weighted by molar-refractivity contribution is 6.31. The van der Waals surface area contributed by atoms with Crippen molar-refractivity contribution in [2.45, 2.75) is 50.0 Å². The van der Waals surface area contributed by atoms with Gasteiger partial charge in [0.05, 0.1) is 25.0 Å². The number of alkyl halides is 3. The second-order valence-corrected chi connectivity index (χ2v) is 10.6. The van der Waals surface area contributed by atoms with Crippen LogP contribution in [-0.4, -0.2) is 81.1 Å². The summed E-state index contributed by atoms with van der Waals surface area (Å²) in [5.74, 6) is -0.315. The number of hydrogen-bond donors (Lipinski definition) is 2. The van der Waals surface area contributed by atoms with Crippen LogP contribution in [0.5, 0.6) is 11.8 Å². The Morgan fingerprint density at radius 2 is 1.97 bits per heavy atom. The van der Waals surface area contributed by atoms with Gasteiger partial charge in [-0.15, -0.1) is 0 Å². The van der Waals surface area contributed by atoms with E-state index in [9.17, 15) is 23.1 Å². The number of fused-ring (bicyclic) bond motifs is 3. The number of likely N-dealkylation sites (N-methyl/N-ethyl adjacent to an activating group) is 1. The Morgan fingerprint density at radius 1 is 1.23 bits per heavy atom. The van der Waals surface area contributed by atoms with Gasteiger partial charge < -0.3 is 25.0 Å². The predicted octanol–water partition coefficient (Wildman–Crippen LogP) is 2.97. The first-order chi connectivity index (χ1) is 19.3. The minimum atomic E-state index is -4.97. The maximum atomic E-state index is 14.0. The molecule has 5 heterocycles. The minimum Gasteiger partial charge on any atom is -0.508 e. The number of benzene rings is 1. The van der Waals surface area contributed by atoms with Gasteiger partial charge in [0.25, 0.3) is 5.56 Å². The second-order valence-electron chi connectivity index (χ2n) is 10.2. The zero-order chi connectivity index (χ0) is 29.3. The van der Waals surface area contributed by atoms with Gasteiger partial charge in [-0.2, -0.15) is 32.9 Å². The quantitative estimate of drug-likeness (QED) is 0.481. The zero-order valence-electron chi connectivity index (χ0n) is 22.9. The molecule has 3 atom stereocenters. The van der Waals surface area contributed by atoms with Crippen molar-refractivity contribution >= 4 is 28.3 Å². The lowest BCUT2D eigenvalue weighted by Gasteiger charge is -2.34. The number of rotatable bonds is 5. The first-order valence-electron chi connectivity index (χ1n) is 13.6. The summed E-state index contributed by atoms with van der Waals surface area (Å²) in [6.45, 7) is -0.439. The van der Waals surface area contributed by atoms with E-state index in [1.54, 1.807) is 7.05 Å². The summed E-state index contributed by atoms with van der Waals surface area (Å²) in [5, 5.41) is 16.9. The van der Waals surface area contributed by atoms with E-state index in [0.29, 0.717) is 30.7 Å². The lowest BCUT2D eigenvalue weighted by molar-refractivity contribution is -0.137. The van der Waals surface area contributed by atoms with Crippen LogP contribution in [0.3, 0.4) is 0 Å². The number of aromatic hydroxyl groups is 1. The number of ether oxygens (including phenoxy) is 1. The van der Waals surface area contributed by atoms with Crippen LogP contribution in [0.25, 0.3) is 16.6 Å². The van der Waals surface area contributed by atoms with Crippen molar-refractivity contribution in [3.8, 4) is 17.4 Å². The van der Waals surface area contributed by atoms with Crippen molar-refractivity contribution < 1.29 is 25.8 Å². The summed E-state index contributed by atoms with van der Waals surface area (Å²) in [6, 6.07) is 0.837. The molecule has 0 spiro atoms. The van der Waals surface area contributed by atoms with Crippen molar-refractivity contribution in [3.63, 3.8) is 0 Å². The molecule has 14 heteroatoms. The van der Waals surface area contributed by atoms with Crippen molar-refractivity contribution in [1.82, 2.24) is 30.0 Å². The summed E-state index contributed by atoms with van der Waals surface area (Å²) in [6.07, 6.45) is -0.550. The predicted molar refractivity (Wildman–Crippen MR) is 138 cm³/mol. The van der Waals surface area contributed by atoms with Gasteiger partial charge in [0.2, 0.25) is 0 Å². The number of halogens is 4. The maximum Gasteiger partial charge on any atom is 0.419 e. The normalized spacial score (nSPS) is 24.7. The van der Waals surface area contributed by atoms with Crippen LogP contribution in [-0.2, 0) is 6.18 Å². The number of hydrogen-bond acceptors (Lipinski definition) is 9. The van der Waals surface area contributed by atoms with Crippen LogP contribution in [0.2, 0.25) is 5.02 Å². The van der Waals surface area contributed by atoms with E-state index in [1.165, 1.54) is 6.20 Å². The van der Waals surface area contributed by atoms with Crippen LogP contribution < -0.4 is 20.5 Å². The molecule has 0 saturated carbocycles. The van der Waals surface area contributed by atoms with Crippen molar-refractivity contribution in [1.29, 1.82) is 0 Å². The Morgan fingerprint density at radius 3 is 2.64 bits per heavy atom. The van der Waals surface area contributed by atoms with E-state index in [1.807, 2.05) is 9.80 Å². The third-order valence-corrected chi connectivity index (χ3v) is 7.79. The van der Waals surface area contributed by atoms with Crippen molar-refractivity contribution in [3.05, 3.63) is 39.3 Å².